The van der Waals surface area contributed by atoms with Gasteiger partial charge in [-0.3, -0.25) is 4.98 Å². The van der Waals surface area contributed by atoms with Crippen molar-refractivity contribution in [3.8, 4) is 11.3 Å². The standard InChI is InChI=1S/C25H18Br2FN3OS/c1-14-12-16(6-8-18(14)26)31-24(23(30-25(31)33)20-4-2-3-11-29-20)22-10-9-21(32-22)17-7-5-15(28)13-19(17)27/h2-13,23-24H,1H3,(H,30,33)/t23-,24+/m1/s1. The summed E-state index contributed by atoms with van der Waals surface area (Å²) in [5.74, 6) is 1.06. The van der Waals surface area contributed by atoms with Crippen LogP contribution < -0.4 is 10.2 Å². The summed E-state index contributed by atoms with van der Waals surface area (Å²) in [6.07, 6.45) is 1.77. The number of aromatic nitrogens is 1. The topological polar surface area (TPSA) is 41.3 Å². The lowest BCUT2D eigenvalue weighted by Gasteiger charge is -2.26. The first-order valence-electron chi connectivity index (χ1n) is 10.2. The number of hydrogen-bond donors (Lipinski definition) is 1. The third-order valence-corrected chi connectivity index (χ3v) is 7.49. The van der Waals surface area contributed by atoms with Gasteiger partial charge >= 0.3 is 0 Å². The van der Waals surface area contributed by atoms with Gasteiger partial charge in [-0.1, -0.05) is 22.0 Å². The molecule has 1 fully saturated rings. The van der Waals surface area contributed by atoms with Gasteiger partial charge in [-0.25, -0.2) is 4.39 Å². The Balaban J connectivity index is 1.61. The summed E-state index contributed by atoms with van der Waals surface area (Å²) < 4.78 is 21.6. The lowest BCUT2D eigenvalue weighted by atomic mass is 10.0. The second kappa shape index (κ2) is 9.00. The first-order chi connectivity index (χ1) is 15.9. The van der Waals surface area contributed by atoms with Gasteiger partial charge in [0.2, 0.25) is 0 Å². The number of thiocarbonyl (C=S) groups is 1. The van der Waals surface area contributed by atoms with Crippen molar-refractivity contribution >= 4 is 54.9 Å². The van der Waals surface area contributed by atoms with Crippen LogP contribution in [0.5, 0.6) is 0 Å². The van der Waals surface area contributed by atoms with E-state index in [9.17, 15) is 4.39 Å². The molecule has 0 radical (unpaired) electrons. The Morgan fingerprint density at radius 1 is 1.03 bits per heavy atom. The molecule has 0 unspecified atom stereocenters. The summed E-state index contributed by atoms with van der Waals surface area (Å²) in [4.78, 5) is 6.64. The van der Waals surface area contributed by atoms with Gasteiger partial charge in [-0.05, 0) is 101 Å². The van der Waals surface area contributed by atoms with Crippen LogP contribution in [0.4, 0.5) is 10.1 Å². The van der Waals surface area contributed by atoms with Crippen LogP contribution in [0.15, 0.2) is 86.3 Å². The van der Waals surface area contributed by atoms with E-state index in [0.717, 1.165) is 32.7 Å². The SMILES string of the molecule is Cc1cc(N2C(=S)N[C@H](c3ccccn3)[C@@H]2c2ccc(-c3ccc(F)cc3Br)o2)ccc1Br. The molecule has 3 heterocycles. The Hall–Kier alpha value is -2.55. The average Bonchev–Trinajstić information content (AvgIpc) is 3.41. The molecule has 5 rings (SSSR count). The normalized spacial score (nSPS) is 17.9. The van der Waals surface area contributed by atoms with Gasteiger partial charge in [0.05, 0.1) is 11.7 Å². The minimum Gasteiger partial charge on any atom is -0.459 e. The summed E-state index contributed by atoms with van der Waals surface area (Å²) in [6, 6.07) is 19.9. The molecule has 2 aromatic carbocycles. The zero-order valence-electron chi connectivity index (χ0n) is 17.4. The second-order valence-corrected chi connectivity index (χ2v) is 9.85. The van der Waals surface area contributed by atoms with Crippen LogP contribution in [-0.4, -0.2) is 10.1 Å². The van der Waals surface area contributed by atoms with E-state index in [2.05, 4.69) is 53.1 Å². The van der Waals surface area contributed by atoms with E-state index < -0.39 is 0 Å². The summed E-state index contributed by atoms with van der Waals surface area (Å²) in [5.41, 5.74) is 3.70. The number of benzene rings is 2. The minimum atomic E-state index is -0.310. The highest BCUT2D eigenvalue weighted by Crippen LogP contribution is 2.44. The monoisotopic (exact) mass is 585 g/mol. The molecule has 0 aliphatic carbocycles. The molecule has 166 valence electrons. The molecule has 0 spiro atoms. The first-order valence-corrected chi connectivity index (χ1v) is 12.2. The quantitative estimate of drug-likeness (QED) is 0.251. The van der Waals surface area contributed by atoms with Crippen LogP contribution in [0.25, 0.3) is 11.3 Å². The van der Waals surface area contributed by atoms with Gasteiger partial charge in [-0.15, -0.1) is 0 Å². The first kappa shape index (κ1) is 22.3. The molecule has 33 heavy (non-hydrogen) atoms. The molecule has 0 bridgehead atoms. The fourth-order valence-corrected chi connectivity index (χ4v) is 5.19. The van der Waals surface area contributed by atoms with E-state index in [-0.39, 0.29) is 17.9 Å². The summed E-state index contributed by atoms with van der Waals surface area (Å²) in [6.45, 7) is 2.04. The zero-order chi connectivity index (χ0) is 23.1. The smallest absolute Gasteiger partial charge is 0.174 e. The molecule has 2 aromatic heterocycles. The van der Waals surface area contributed by atoms with Crippen molar-refractivity contribution in [2.75, 3.05) is 4.90 Å². The van der Waals surface area contributed by atoms with Gasteiger partial charge in [0.1, 0.15) is 23.4 Å². The number of hydrogen-bond acceptors (Lipinski definition) is 3. The summed E-state index contributed by atoms with van der Waals surface area (Å²) >= 11 is 12.8. The number of nitrogens with one attached hydrogen (secondary N) is 1. The van der Waals surface area contributed by atoms with E-state index in [1.165, 1.54) is 12.1 Å². The second-order valence-electron chi connectivity index (χ2n) is 7.76. The van der Waals surface area contributed by atoms with Crippen LogP contribution in [0, 0.1) is 12.7 Å². The van der Waals surface area contributed by atoms with Crippen molar-refractivity contribution < 1.29 is 8.81 Å². The molecule has 2 atom stereocenters. The molecule has 0 saturated carbocycles. The van der Waals surface area contributed by atoms with Gasteiger partial charge < -0.3 is 14.6 Å². The third-order valence-electron chi connectivity index (χ3n) is 5.63. The van der Waals surface area contributed by atoms with E-state index >= 15 is 0 Å². The van der Waals surface area contributed by atoms with Crippen molar-refractivity contribution in [3.05, 3.63) is 105 Å². The van der Waals surface area contributed by atoms with Crippen LogP contribution in [0.2, 0.25) is 0 Å². The van der Waals surface area contributed by atoms with Crippen LogP contribution >= 0.6 is 44.1 Å². The average molecular weight is 587 g/mol. The minimum absolute atomic E-state index is 0.210. The molecule has 1 N–H and O–H groups in total. The highest BCUT2D eigenvalue weighted by Gasteiger charge is 2.42. The lowest BCUT2D eigenvalue weighted by molar-refractivity contribution is 0.439. The molecule has 4 aromatic rings. The number of pyridine rings is 1. The van der Waals surface area contributed by atoms with Crippen molar-refractivity contribution in [2.45, 2.75) is 19.0 Å². The summed E-state index contributed by atoms with van der Waals surface area (Å²) in [5, 5.41) is 4.03. The molecule has 1 saturated heterocycles. The van der Waals surface area contributed by atoms with Crippen LogP contribution in [-0.2, 0) is 0 Å². The molecule has 4 nitrogen and oxygen atoms in total. The number of halogens is 3. The molecule has 0 amide bonds. The van der Waals surface area contributed by atoms with Gasteiger partial charge in [0, 0.05) is 26.4 Å². The van der Waals surface area contributed by atoms with Crippen molar-refractivity contribution in [2.24, 2.45) is 0 Å². The van der Waals surface area contributed by atoms with Crippen molar-refractivity contribution in [1.82, 2.24) is 10.3 Å². The maximum absolute atomic E-state index is 13.6. The maximum Gasteiger partial charge on any atom is 0.174 e. The molecular formula is C25H18Br2FN3OS. The highest BCUT2D eigenvalue weighted by molar-refractivity contribution is 9.10. The molecule has 8 heteroatoms. The third kappa shape index (κ3) is 4.23. The number of furan rings is 1. The number of aryl methyl sites for hydroxylation is 1. The van der Waals surface area contributed by atoms with E-state index in [1.807, 2.05) is 49.4 Å². The molecule has 1 aliphatic heterocycles. The Morgan fingerprint density at radius 3 is 2.61 bits per heavy atom. The van der Waals surface area contributed by atoms with Gasteiger partial charge in [0.15, 0.2) is 5.11 Å². The Morgan fingerprint density at radius 2 is 1.88 bits per heavy atom. The Labute approximate surface area is 213 Å². The van der Waals surface area contributed by atoms with Gasteiger partial charge in [0.25, 0.3) is 0 Å². The molecule has 1 aliphatic rings. The van der Waals surface area contributed by atoms with E-state index in [4.69, 9.17) is 16.6 Å². The van der Waals surface area contributed by atoms with Crippen molar-refractivity contribution in [3.63, 3.8) is 0 Å². The number of anilines is 1. The fraction of sp³-hybridized carbons (Fsp3) is 0.120. The number of nitrogens with zero attached hydrogens (tertiary/aromatic N) is 2. The Kier molecular flexibility index (Phi) is 6.07. The fourth-order valence-electron chi connectivity index (χ4n) is 4.05. The highest BCUT2D eigenvalue weighted by atomic mass is 79.9. The predicted octanol–water partition coefficient (Wildman–Crippen LogP) is 7.49. The number of rotatable bonds is 4. The van der Waals surface area contributed by atoms with Crippen LogP contribution in [0.3, 0.4) is 0 Å². The van der Waals surface area contributed by atoms with Crippen molar-refractivity contribution in [1.29, 1.82) is 0 Å². The maximum atomic E-state index is 13.6. The van der Waals surface area contributed by atoms with E-state index in [1.54, 1.807) is 12.3 Å². The summed E-state index contributed by atoms with van der Waals surface area (Å²) in [7, 11) is 0. The zero-order valence-corrected chi connectivity index (χ0v) is 21.4. The predicted molar refractivity (Wildman–Crippen MR) is 139 cm³/mol. The van der Waals surface area contributed by atoms with Crippen LogP contribution in [0.1, 0.15) is 29.1 Å². The Bertz CT molecular complexity index is 1340. The van der Waals surface area contributed by atoms with E-state index in [0.29, 0.717) is 15.3 Å². The largest absolute Gasteiger partial charge is 0.459 e. The van der Waals surface area contributed by atoms with Gasteiger partial charge in [-0.2, -0.15) is 0 Å². The lowest BCUT2D eigenvalue weighted by Crippen LogP contribution is -2.29. The molecular weight excluding hydrogens is 569 g/mol.